The number of ether oxygens (including phenoxy) is 1. The van der Waals surface area contributed by atoms with Crippen LogP contribution in [0.25, 0.3) is 0 Å². The van der Waals surface area contributed by atoms with E-state index in [0.717, 1.165) is 18.4 Å². The van der Waals surface area contributed by atoms with Gasteiger partial charge >= 0.3 is 0 Å². The van der Waals surface area contributed by atoms with Gasteiger partial charge in [0.15, 0.2) is 5.11 Å². The Morgan fingerprint density at radius 1 is 0.912 bits per heavy atom. The maximum absolute atomic E-state index is 13.1. The predicted molar refractivity (Wildman–Crippen MR) is 139 cm³/mol. The van der Waals surface area contributed by atoms with Crippen LogP contribution in [-0.4, -0.2) is 35.5 Å². The van der Waals surface area contributed by atoms with Crippen molar-refractivity contribution in [3.63, 3.8) is 0 Å². The zero-order valence-electron chi connectivity index (χ0n) is 19.4. The number of nitrogens with zero attached hydrogens (tertiary/aromatic N) is 1. The van der Waals surface area contributed by atoms with Gasteiger partial charge in [-0.1, -0.05) is 67.9 Å². The summed E-state index contributed by atoms with van der Waals surface area (Å²) in [5, 5.41) is 5.78. The second-order valence-electron chi connectivity index (χ2n) is 7.80. The molecule has 176 valence electrons. The van der Waals surface area contributed by atoms with Crippen molar-refractivity contribution in [1.82, 2.24) is 10.2 Å². The minimum atomic E-state index is -0.380. The summed E-state index contributed by atoms with van der Waals surface area (Å²) >= 11 is 5.37. The number of carbonyl (C=O) groups is 2. The monoisotopic (exact) mass is 475 g/mol. The Balaban J connectivity index is 1.67. The van der Waals surface area contributed by atoms with Gasteiger partial charge in [-0.3, -0.25) is 14.9 Å². The Morgan fingerprint density at radius 2 is 1.56 bits per heavy atom. The Labute approximate surface area is 205 Å². The van der Waals surface area contributed by atoms with E-state index in [-0.39, 0.29) is 16.9 Å². The number of para-hydroxylation sites is 2. The molecule has 3 aromatic carbocycles. The molecular weight excluding hydrogens is 446 g/mol. The number of carbonyl (C=O) groups excluding carboxylic acids is 2. The highest BCUT2D eigenvalue weighted by Gasteiger charge is 2.18. The van der Waals surface area contributed by atoms with Crippen molar-refractivity contribution >= 4 is 34.8 Å². The Kier molecular flexibility index (Phi) is 9.17. The van der Waals surface area contributed by atoms with E-state index in [1.54, 1.807) is 54.4 Å². The van der Waals surface area contributed by atoms with E-state index < -0.39 is 0 Å². The largest absolute Gasteiger partial charge is 0.493 e. The maximum Gasteiger partial charge on any atom is 0.261 e. The first-order valence-electron chi connectivity index (χ1n) is 11.2. The zero-order valence-corrected chi connectivity index (χ0v) is 20.2. The molecule has 2 N–H and O–H groups in total. The summed E-state index contributed by atoms with van der Waals surface area (Å²) in [7, 11) is 1.75. The van der Waals surface area contributed by atoms with Crippen LogP contribution >= 0.6 is 12.2 Å². The summed E-state index contributed by atoms with van der Waals surface area (Å²) in [6.07, 6.45) is 1.90. The second kappa shape index (κ2) is 12.5. The standard InChI is InChI=1S/C27H29N3O3S/c1-3-4-18-33-24-17-11-9-15-22(24)25(31)29-27(34)28-23-16-10-8-14-21(23)26(32)30(2)19-20-12-6-5-7-13-20/h5-17H,3-4,18-19H2,1-2H3,(H2,28,29,31,34). The molecule has 0 saturated heterocycles. The van der Waals surface area contributed by atoms with E-state index >= 15 is 0 Å². The van der Waals surface area contributed by atoms with Gasteiger partial charge in [-0.15, -0.1) is 0 Å². The van der Waals surface area contributed by atoms with Crippen LogP contribution in [0.15, 0.2) is 78.9 Å². The van der Waals surface area contributed by atoms with Crippen molar-refractivity contribution in [2.45, 2.75) is 26.3 Å². The molecule has 3 aromatic rings. The highest BCUT2D eigenvalue weighted by molar-refractivity contribution is 7.80. The molecular formula is C27H29N3O3S. The molecule has 0 aromatic heterocycles. The van der Waals surface area contributed by atoms with Crippen molar-refractivity contribution in [3.05, 3.63) is 95.6 Å². The van der Waals surface area contributed by atoms with Crippen LogP contribution in [-0.2, 0) is 6.54 Å². The summed E-state index contributed by atoms with van der Waals surface area (Å²) in [5.41, 5.74) is 2.41. The molecule has 0 bridgehead atoms. The van der Waals surface area contributed by atoms with Crippen molar-refractivity contribution in [3.8, 4) is 5.75 Å². The lowest BCUT2D eigenvalue weighted by molar-refractivity contribution is 0.0786. The second-order valence-corrected chi connectivity index (χ2v) is 8.21. The van der Waals surface area contributed by atoms with Crippen LogP contribution in [0.2, 0.25) is 0 Å². The SMILES string of the molecule is CCCCOc1ccccc1C(=O)NC(=S)Nc1ccccc1C(=O)N(C)Cc1ccccc1. The first-order chi connectivity index (χ1) is 16.5. The van der Waals surface area contributed by atoms with Crippen LogP contribution in [0, 0.1) is 0 Å². The molecule has 0 fully saturated rings. The zero-order chi connectivity index (χ0) is 24.3. The Bertz CT molecular complexity index is 1130. The van der Waals surface area contributed by atoms with Crippen molar-refractivity contribution in [2.24, 2.45) is 0 Å². The van der Waals surface area contributed by atoms with Crippen molar-refractivity contribution < 1.29 is 14.3 Å². The number of nitrogens with one attached hydrogen (secondary N) is 2. The number of hydrogen-bond donors (Lipinski definition) is 2. The molecule has 0 radical (unpaired) electrons. The summed E-state index contributed by atoms with van der Waals surface area (Å²) in [6, 6.07) is 23.9. The topological polar surface area (TPSA) is 70.7 Å². The van der Waals surface area contributed by atoms with E-state index in [1.165, 1.54) is 0 Å². The average molecular weight is 476 g/mol. The minimum Gasteiger partial charge on any atom is -0.493 e. The summed E-state index contributed by atoms with van der Waals surface area (Å²) in [6.45, 7) is 3.09. The van der Waals surface area contributed by atoms with Crippen molar-refractivity contribution in [2.75, 3.05) is 19.0 Å². The predicted octanol–water partition coefficient (Wildman–Crippen LogP) is 5.26. The number of thiocarbonyl (C=S) groups is 1. The van der Waals surface area contributed by atoms with Crippen LogP contribution in [0.5, 0.6) is 5.75 Å². The highest BCUT2D eigenvalue weighted by Crippen LogP contribution is 2.20. The molecule has 0 aliphatic heterocycles. The lowest BCUT2D eigenvalue weighted by Crippen LogP contribution is -2.35. The molecule has 34 heavy (non-hydrogen) atoms. The molecule has 0 spiro atoms. The van der Waals surface area contributed by atoms with Crippen LogP contribution in [0.3, 0.4) is 0 Å². The molecule has 2 amide bonds. The number of rotatable bonds is 9. The molecule has 0 aliphatic rings. The first-order valence-corrected chi connectivity index (χ1v) is 11.6. The molecule has 0 aliphatic carbocycles. The van der Waals surface area contributed by atoms with Crippen molar-refractivity contribution in [1.29, 1.82) is 0 Å². The van der Waals surface area contributed by atoms with Crippen LogP contribution in [0.1, 0.15) is 46.0 Å². The van der Waals surface area contributed by atoms with Gasteiger partial charge in [-0.05, 0) is 48.5 Å². The van der Waals surface area contributed by atoms with E-state index in [9.17, 15) is 9.59 Å². The van der Waals surface area contributed by atoms with E-state index in [1.807, 2.05) is 36.4 Å². The third-order valence-corrected chi connectivity index (χ3v) is 5.33. The lowest BCUT2D eigenvalue weighted by Gasteiger charge is -2.20. The molecule has 0 heterocycles. The van der Waals surface area contributed by atoms with Gasteiger partial charge in [0.05, 0.1) is 23.4 Å². The summed E-state index contributed by atoms with van der Waals surface area (Å²) < 4.78 is 5.75. The number of hydrogen-bond acceptors (Lipinski definition) is 4. The maximum atomic E-state index is 13.1. The summed E-state index contributed by atoms with van der Waals surface area (Å²) in [5.74, 6) is -0.0280. The van der Waals surface area contributed by atoms with Gasteiger partial charge in [-0.2, -0.15) is 0 Å². The van der Waals surface area contributed by atoms with Gasteiger partial charge in [0.1, 0.15) is 5.75 Å². The number of unbranched alkanes of at least 4 members (excludes halogenated alkanes) is 1. The Morgan fingerprint density at radius 3 is 2.29 bits per heavy atom. The number of anilines is 1. The van der Waals surface area contributed by atoms with E-state index in [4.69, 9.17) is 17.0 Å². The smallest absolute Gasteiger partial charge is 0.261 e. The number of amides is 2. The van der Waals surface area contributed by atoms with Crippen LogP contribution in [0.4, 0.5) is 5.69 Å². The third kappa shape index (κ3) is 6.89. The summed E-state index contributed by atoms with van der Waals surface area (Å²) in [4.78, 5) is 27.6. The molecule has 6 nitrogen and oxygen atoms in total. The van der Waals surface area contributed by atoms with Crippen LogP contribution < -0.4 is 15.4 Å². The molecule has 7 heteroatoms. The first kappa shape index (κ1) is 24.9. The average Bonchev–Trinajstić information content (AvgIpc) is 2.85. The van der Waals surface area contributed by atoms with E-state index in [2.05, 4.69) is 17.6 Å². The lowest BCUT2D eigenvalue weighted by atomic mass is 10.1. The minimum absolute atomic E-state index is 0.0966. The molecule has 0 unspecified atom stereocenters. The normalized spacial score (nSPS) is 10.3. The number of benzene rings is 3. The molecule has 3 rings (SSSR count). The third-order valence-electron chi connectivity index (χ3n) is 5.13. The Hall–Kier alpha value is -3.71. The van der Waals surface area contributed by atoms with Gasteiger partial charge in [0, 0.05) is 13.6 Å². The van der Waals surface area contributed by atoms with E-state index in [0.29, 0.717) is 35.7 Å². The fourth-order valence-electron chi connectivity index (χ4n) is 3.34. The van der Waals surface area contributed by atoms with Gasteiger partial charge < -0.3 is 15.0 Å². The molecule has 0 saturated carbocycles. The van der Waals surface area contributed by atoms with Gasteiger partial charge in [-0.25, -0.2) is 0 Å². The van der Waals surface area contributed by atoms with Gasteiger partial charge in [0.25, 0.3) is 11.8 Å². The van der Waals surface area contributed by atoms with Gasteiger partial charge in [0.2, 0.25) is 0 Å². The fraction of sp³-hybridized carbons (Fsp3) is 0.222. The fourth-order valence-corrected chi connectivity index (χ4v) is 3.55. The highest BCUT2D eigenvalue weighted by atomic mass is 32.1. The molecule has 0 atom stereocenters. The quantitative estimate of drug-likeness (QED) is 0.326.